The van der Waals surface area contributed by atoms with Crippen molar-refractivity contribution < 1.29 is 23.9 Å². The molecule has 3 atom stereocenters. The molecule has 3 aromatic carbocycles. The van der Waals surface area contributed by atoms with Crippen LogP contribution in [0.1, 0.15) is 43.5 Å². The predicted octanol–water partition coefficient (Wildman–Crippen LogP) is 4.65. The summed E-state index contributed by atoms with van der Waals surface area (Å²) in [6, 6.07) is 18.8. The van der Waals surface area contributed by atoms with Gasteiger partial charge in [0.15, 0.2) is 0 Å². The van der Waals surface area contributed by atoms with Crippen LogP contribution in [0.3, 0.4) is 0 Å². The average molecular weight is 486 g/mol. The van der Waals surface area contributed by atoms with E-state index in [0.717, 1.165) is 10.5 Å². The molecule has 1 spiro atoms. The van der Waals surface area contributed by atoms with Gasteiger partial charge in [0.25, 0.3) is 0 Å². The highest BCUT2D eigenvalue weighted by molar-refractivity contribution is 6.37. The minimum absolute atomic E-state index is 0.207. The number of amides is 2. The van der Waals surface area contributed by atoms with Gasteiger partial charge in [-0.3, -0.25) is 19.2 Å². The molecule has 3 aromatic rings. The maximum absolute atomic E-state index is 14.0. The number of carbonyl (C=O) groups excluding carboxylic acids is 4. The van der Waals surface area contributed by atoms with Gasteiger partial charge in [0.2, 0.25) is 29.0 Å². The quantitative estimate of drug-likeness (QED) is 0.390. The molecule has 2 amide bonds. The molecule has 2 fully saturated rings. The first kappa shape index (κ1) is 21.9. The zero-order valence-electron chi connectivity index (χ0n) is 18.9. The van der Waals surface area contributed by atoms with Crippen LogP contribution in [0.15, 0.2) is 66.7 Å². The van der Waals surface area contributed by atoms with Gasteiger partial charge < -0.3 is 4.74 Å². The number of benzene rings is 3. The number of ketones is 2. The van der Waals surface area contributed by atoms with Crippen molar-refractivity contribution in [2.75, 3.05) is 4.90 Å². The summed E-state index contributed by atoms with van der Waals surface area (Å²) in [4.78, 5) is 56.5. The van der Waals surface area contributed by atoms with Crippen molar-refractivity contribution in [1.29, 1.82) is 0 Å². The third kappa shape index (κ3) is 2.75. The van der Waals surface area contributed by atoms with E-state index in [-0.39, 0.29) is 11.1 Å². The van der Waals surface area contributed by atoms with Crippen molar-refractivity contribution in [3.05, 3.63) is 99.6 Å². The van der Waals surface area contributed by atoms with Crippen LogP contribution in [0.2, 0.25) is 5.02 Å². The van der Waals surface area contributed by atoms with Crippen molar-refractivity contribution in [2.24, 2.45) is 11.8 Å². The van der Waals surface area contributed by atoms with E-state index in [2.05, 4.69) is 0 Å². The summed E-state index contributed by atoms with van der Waals surface area (Å²) in [5, 5.41) is 0.404. The van der Waals surface area contributed by atoms with Crippen LogP contribution < -0.4 is 4.90 Å². The van der Waals surface area contributed by atoms with E-state index in [4.69, 9.17) is 16.3 Å². The van der Waals surface area contributed by atoms with E-state index in [1.807, 2.05) is 19.1 Å². The van der Waals surface area contributed by atoms with Gasteiger partial charge in [0, 0.05) is 16.1 Å². The summed E-state index contributed by atoms with van der Waals surface area (Å²) < 4.78 is 6.30. The van der Waals surface area contributed by atoms with Gasteiger partial charge in [-0.15, -0.1) is 0 Å². The number of hydrogen-bond acceptors (Lipinski definition) is 5. The zero-order valence-corrected chi connectivity index (χ0v) is 19.7. The molecular weight excluding hydrogens is 466 g/mol. The van der Waals surface area contributed by atoms with Crippen LogP contribution in [-0.2, 0) is 14.3 Å². The molecule has 2 heterocycles. The molecule has 6 rings (SSSR count). The summed E-state index contributed by atoms with van der Waals surface area (Å²) >= 11 is 6.29. The molecule has 174 valence electrons. The highest BCUT2D eigenvalue weighted by Crippen LogP contribution is 2.58. The largest absolute Gasteiger partial charge is 0.349 e. The van der Waals surface area contributed by atoms with Gasteiger partial charge in [-0.05, 0) is 37.1 Å². The Hall–Kier alpha value is -3.61. The summed E-state index contributed by atoms with van der Waals surface area (Å²) in [7, 11) is 0. The third-order valence-corrected chi connectivity index (χ3v) is 7.81. The topological polar surface area (TPSA) is 80.8 Å². The molecule has 0 aromatic heterocycles. The molecule has 0 radical (unpaired) electrons. The Kier molecular flexibility index (Phi) is 4.66. The van der Waals surface area contributed by atoms with Crippen LogP contribution in [-0.4, -0.2) is 29.0 Å². The number of rotatable bonds is 2. The minimum Gasteiger partial charge on any atom is -0.349 e. The van der Waals surface area contributed by atoms with E-state index in [9.17, 15) is 19.2 Å². The van der Waals surface area contributed by atoms with Gasteiger partial charge >= 0.3 is 0 Å². The first-order valence-corrected chi connectivity index (χ1v) is 11.7. The lowest BCUT2D eigenvalue weighted by Gasteiger charge is -2.28. The predicted molar refractivity (Wildman–Crippen MR) is 129 cm³/mol. The maximum Gasteiger partial charge on any atom is 0.241 e. The smallest absolute Gasteiger partial charge is 0.241 e. The van der Waals surface area contributed by atoms with Gasteiger partial charge in [0.1, 0.15) is 0 Å². The van der Waals surface area contributed by atoms with Crippen molar-refractivity contribution >= 4 is 40.7 Å². The van der Waals surface area contributed by atoms with E-state index in [1.165, 1.54) is 0 Å². The fraction of sp³-hybridized carbons (Fsp3) is 0.214. The lowest BCUT2D eigenvalue weighted by atomic mass is 9.77. The zero-order chi connectivity index (χ0) is 24.6. The van der Waals surface area contributed by atoms with Crippen molar-refractivity contribution in [3.63, 3.8) is 0 Å². The average Bonchev–Trinajstić information content (AvgIpc) is 3.42. The Labute approximate surface area is 206 Å². The van der Waals surface area contributed by atoms with Gasteiger partial charge in [-0.1, -0.05) is 71.8 Å². The van der Waals surface area contributed by atoms with Gasteiger partial charge in [0.05, 0.1) is 23.6 Å². The van der Waals surface area contributed by atoms with Gasteiger partial charge in [-0.25, -0.2) is 4.90 Å². The number of hydrogen-bond donors (Lipinski definition) is 0. The van der Waals surface area contributed by atoms with Crippen LogP contribution in [0.4, 0.5) is 5.69 Å². The number of aryl methyl sites for hydroxylation is 1. The van der Waals surface area contributed by atoms with Crippen molar-refractivity contribution in [2.45, 2.75) is 25.6 Å². The lowest BCUT2D eigenvalue weighted by molar-refractivity contribution is -0.127. The molecular formula is C28H20ClNO5. The molecule has 2 saturated heterocycles. The Balaban J connectivity index is 1.56. The highest BCUT2D eigenvalue weighted by Gasteiger charge is 2.74. The standard InChI is InChI=1S/C28H20ClNO5/c1-14-10-12-16(13-11-14)23-21-22(27(34)30(26(21)33)20-9-5-8-19(29)15(20)2)28(35-23)24(31)17-6-3-4-7-18(17)25(28)32/h3-13,21-23H,1-2H3/t21-,22-,23-/m1/s1. The van der Waals surface area contributed by atoms with Crippen LogP contribution in [0.25, 0.3) is 0 Å². The minimum atomic E-state index is -2.09. The number of carbonyl (C=O) groups is 4. The molecule has 0 bridgehead atoms. The first-order chi connectivity index (χ1) is 16.8. The third-order valence-electron chi connectivity index (χ3n) is 7.40. The second-order valence-corrected chi connectivity index (χ2v) is 9.70. The number of anilines is 1. The Morgan fingerprint density at radius 1 is 0.800 bits per heavy atom. The number of nitrogens with zero attached hydrogens (tertiary/aromatic N) is 1. The van der Waals surface area contributed by atoms with Crippen LogP contribution >= 0.6 is 11.6 Å². The monoisotopic (exact) mass is 485 g/mol. The molecule has 35 heavy (non-hydrogen) atoms. The van der Waals surface area contributed by atoms with E-state index in [1.54, 1.807) is 61.5 Å². The second kappa shape index (κ2) is 7.44. The second-order valence-electron chi connectivity index (χ2n) is 9.29. The molecule has 2 aliphatic heterocycles. The fourth-order valence-electron chi connectivity index (χ4n) is 5.65. The number of Topliss-reactive ketones (excluding diaryl/α,β-unsaturated/α-hetero) is 2. The number of halogens is 1. The van der Waals surface area contributed by atoms with Crippen molar-refractivity contribution in [1.82, 2.24) is 0 Å². The number of ether oxygens (including phenoxy) is 1. The van der Waals surface area contributed by atoms with E-state index in [0.29, 0.717) is 21.8 Å². The normalized spacial score (nSPS) is 24.4. The van der Waals surface area contributed by atoms with Gasteiger partial charge in [-0.2, -0.15) is 0 Å². The van der Waals surface area contributed by atoms with E-state index >= 15 is 0 Å². The fourth-order valence-corrected chi connectivity index (χ4v) is 5.82. The highest BCUT2D eigenvalue weighted by atomic mass is 35.5. The summed E-state index contributed by atoms with van der Waals surface area (Å²) in [5.74, 6) is -4.61. The van der Waals surface area contributed by atoms with Crippen molar-refractivity contribution in [3.8, 4) is 0 Å². The first-order valence-electron chi connectivity index (χ1n) is 11.3. The Bertz CT molecular complexity index is 1430. The lowest BCUT2D eigenvalue weighted by Crippen LogP contribution is -2.51. The summed E-state index contributed by atoms with van der Waals surface area (Å²) in [5.41, 5.74) is 0.864. The maximum atomic E-state index is 14.0. The molecule has 0 unspecified atom stereocenters. The number of imide groups is 1. The SMILES string of the molecule is Cc1ccc([C@H]2OC3(C(=O)c4ccccc4C3=O)[C@H]3C(=O)N(c4cccc(Cl)c4C)C(=O)[C@@H]23)cc1. The molecule has 1 aliphatic carbocycles. The van der Waals surface area contributed by atoms with E-state index < -0.39 is 46.9 Å². The Morgan fingerprint density at radius 2 is 1.43 bits per heavy atom. The molecule has 0 N–H and O–H groups in total. The molecule has 0 saturated carbocycles. The molecule has 7 heteroatoms. The summed E-state index contributed by atoms with van der Waals surface area (Å²) in [6.07, 6.45) is -0.941. The summed E-state index contributed by atoms with van der Waals surface area (Å²) in [6.45, 7) is 3.65. The molecule has 6 nitrogen and oxygen atoms in total. The number of fused-ring (bicyclic) bond motifs is 3. The van der Waals surface area contributed by atoms with Crippen LogP contribution in [0, 0.1) is 25.7 Å². The van der Waals surface area contributed by atoms with Crippen LogP contribution in [0.5, 0.6) is 0 Å². The Morgan fingerprint density at radius 3 is 2.06 bits per heavy atom. The molecule has 3 aliphatic rings.